The summed E-state index contributed by atoms with van der Waals surface area (Å²) in [5.74, 6) is -0.930. The maximum absolute atomic E-state index is 12.1. The second-order valence-corrected chi connectivity index (χ2v) is 6.24. The molecule has 11 nitrogen and oxygen atoms in total. The molecule has 136 valence electrons. The number of nitrogens with one attached hydrogen (secondary N) is 4. The fourth-order valence-corrected chi connectivity index (χ4v) is 2.89. The van der Waals surface area contributed by atoms with Crippen molar-refractivity contribution in [1.82, 2.24) is 20.6 Å². The Balaban J connectivity index is 1.45. The van der Waals surface area contributed by atoms with Crippen molar-refractivity contribution in [2.24, 2.45) is 10.9 Å². The van der Waals surface area contributed by atoms with Crippen LogP contribution in [0.5, 0.6) is 0 Å². The number of imidazole rings is 1. The van der Waals surface area contributed by atoms with Gasteiger partial charge in [0.15, 0.2) is 11.5 Å². The SMILES string of the molecule is NC(CNC(=O)C1=NOC2(CNC(CNc3ncc[nH]3)C2)C1)C(=O)O. The monoisotopic (exact) mass is 351 g/mol. The number of carbonyl (C=O) groups excluding carboxylic acids is 1. The second kappa shape index (κ2) is 7.07. The van der Waals surface area contributed by atoms with E-state index in [1.165, 1.54) is 0 Å². The molecule has 3 rings (SSSR count). The number of nitrogens with zero attached hydrogens (tertiary/aromatic N) is 2. The van der Waals surface area contributed by atoms with Gasteiger partial charge in [0.2, 0.25) is 0 Å². The summed E-state index contributed by atoms with van der Waals surface area (Å²) >= 11 is 0. The number of aliphatic carboxylic acids is 1. The quantitative estimate of drug-likeness (QED) is 0.335. The van der Waals surface area contributed by atoms with Crippen LogP contribution in [0.2, 0.25) is 0 Å². The lowest BCUT2D eigenvalue weighted by Crippen LogP contribution is -2.44. The van der Waals surface area contributed by atoms with E-state index in [2.05, 4.69) is 31.1 Å². The molecule has 0 aliphatic carbocycles. The summed E-state index contributed by atoms with van der Waals surface area (Å²) in [5, 5.41) is 21.6. The molecule has 2 aliphatic heterocycles. The number of H-pyrrole nitrogens is 1. The Labute approximate surface area is 143 Å². The van der Waals surface area contributed by atoms with Gasteiger partial charge in [0, 0.05) is 50.9 Å². The Morgan fingerprint density at radius 1 is 1.56 bits per heavy atom. The summed E-state index contributed by atoms with van der Waals surface area (Å²) < 4.78 is 0. The van der Waals surface area contributed by atoms with Gasteiger partial charge in [0.05, 0.1) is 0 Å². The van der Waals surface area contributed by atoms with Crippen LogP contribution in [0.4, 0.5) is 5.95 Å². The van der Waals surface area contributed by atoms with Crippen LogP contribution in [0.1, 0.15) is 12.8 Å². The van der Waals surface area contributed by atoms with Gasteiger partial charge >= 0.3 is 5.97 Å². The molecule has 1 spiro atoms. The number of amides is 1. The molecular formula is C14H21N7O4. The molecule has 3 unspecified atom stereocenters. The van der Waals surface area contributed by atoms with Gasteiger partial charge in [0.1, 0.15) is 11.8 Å². The van der Waals surface area contributed by atoms with E-state index in [1.54, 1.807) is 12.4 Å². The molecule has 1 amide bonds. The van der Waals surface area contributed by atoms with E-state index in [-0.39, 0.29) is 18.3 Å². The molecule has 3 heterocycles. The third-order valence-electron chi connectivity index (χ3n) is 4.25. The van der Waals surface area contributed by atoms with Crippen LogP contribution in [-0.2, 0) is 14.4 Å². The van der Waals surface area contributed by atoms with E-state index in [0.717, 1.165) is 0 Å². The van der Waals surface area contributed by atoms with Crippen LogP contribution in [0, 0.1) is 0 Å². The Bertz CT molecular complexity index is 662. The van der Waals surface area contributed by atoms with Gasteiger partial charge in [0.25, 0.3) is 5.91 Å². The highest BCUT2D eigenvalue weighted by Crippen LogP contribution is 2.32. The zero-order chi connectivity index (χ0) is 17.9. The molecule has 1 fully saturated rings. The molecule has 2 aliphatic rings. The predicted molar refractivity (Wildman–Crippen MR) is 88.0 cm³/mol. The molecule has 0 saturated carbocycles. The summed E-state index contributed by atoms with van der Waals surface area (Å²) in [5.41, 5.74) is 5.07. The van der Waals surface area contributed by atoms with Gasteiger partial charge in [-0.1, -0.05) is 5.16 Å². The number of carboxylic acid groups (broad SMARTS) is 1. The zero-order valence-corrected chi connectivity index (χ0v) is 13.5. The van der Waals surface area contributed by atoms with E-state index in [0.29, 0.717) is 31.9 Å². The lowest BCUT2D eigenvalue weighted by atomic mass is 9.94. The fourth-order valence-electron chi connectivity index (χ4n) is 2.89. The number of anilines is 1. The number of carboxylic acids is 1. The van der Waals surface area contributed by atoms with Gasteiger partial charge < -0.3 is 36.6 Å². The van der Waals surface area contributed by atoms with Gasteiger partial charge in [-0.15, -0.1) is 0 Å². The van der Waals surface area contributed by atoms with E-state index < -0.39 is 23.5 Å². The van der Waals surface area contributed by atoms with E-state index in [1.807, 2.05) is 0 Å². The van der Waals surface area contributed by atoms with Crippen molar-refractivity contribution >= 4 is 23.5 Å². The molecule has 3 atom stereocenters. The van der Waals surface area contributed by atoms with Crippen molar-refractivity contribution in [2.45, 2.75) is 30.5 Å². The molecule has 11 heteroatoms. The molecule has 1 saturated heterocycles. The number of nitrogens with two attached hydrogens (primary N) is 1. The maximum Gasteiger partial charge on any atom is 0.322 e. The third-order valence-corrected chi connectivity index (χ3v) is 4.25. The smallest absolute Gasteiger partial charge is 0.322 e. The Hall–Kier alpha value is -2.66. The summed E-state index contributed by atoms with van der Waals surface area (Å²) in [6.45, 7) is 1.08. The Morgan fingerprint density at radius 2 is 2.40 bits per heavy atom. The van der Waals surface area contributed by atoms with Crippen LogP contribution in [0.15, 0.2) is 17.5 Å². The number of aromatic amines is 1. The number of aromatic nitrogens is 2. The predicted octanol–water partition coefficient (Wildman–Crippen LogP) is -1.77. The first-order chi connectivity index (χ1) is 12.0. The average molecular weight is 351 g/mol. The highest BCUT2D eigenvalue weighted by Gasteiger charge is 2.47. The van der Waals surface area contributed by atoms with Crippen molar-refractivity contribution in [1.29, 1.82) is 0 Å². The standard InChI is InChI=1S/C14H21N7O4/c15-9(12(23)24)6-18-11(22)10-4-14(25-21-10)3-8(20-7-14)5-19-13-16-1-2-17-13/h1-2,8-9,20H,3-7,15H2,(H,18,22)(H,23,24)(H2,16,17,19). The Kier molecular flexibility index (Phi) is 4.86. The van der Waals surface area contributed by atoms with Crippen molar-refractivity contribution in [3.8, 4) is 0 Å². The number of hydrogen-bond acceptors (Lipinski definition) is 8. The van der Waals surface area contributed by atoms with Gasteiger partial charge in [-0.2, -0.15) is 0 Å². The first-order valence-electron chi connectivity index (χ1n) is 7.96. The number of hydrogen-bond donors (Lipinski definition) is 6. The number of oxime groups is 1. The summed E-state index contributed by atoms with van der Waals surface area (Å²) in [7, 11) is 0. The highest BCUT2D eigenvalue weighted by atomic mass is 16.7. The fraction of sp³-hybridized carbons (Fsp3) is 0.571. The second-order valence-electron chi connectivity index (χ2n) is 6.24. The minimum absolute atomic E-state index is 0.156. The van der Waals surface area contributed by atoms with Crippen LogP contribution in [-0.4, -0.2) is 70.0 Å². The van der Waals surface area contributed by atoms with Crippen molar-refractivity contribution in [3.63, 3.8) is 0 Å². The summed E-state index contributed by atoms with van der Waals surface area (Å²) in [6.07, 6.45) is 4.46. The molecule has 1 aromatic rings. The third kappa shape index (κ3) is 4.06. The highest BCUT2D eigenvalue weighted by molar-refractivity contribution is 6.39. The molecule has 7 N–H and O–H groups in total. The topological polar surface area (TPSA) is 167 Å². The normalized spacial score (nSPS) is 26.1. The summed E-state index contributed by atoms with van der Waals surface area (Å²) in [4.78, 5) is 35.3. The minimum atomic E-state index is -1.17. The average Bonchev–Trinajstić information content (AvgIpc) is 3.32. The van der Waals surface area contributed by atoms with E-state index in [9.17, 15) is 9.59 Å². The van der Waals surface area contributed by atoms with Crippen LogP contribution in [0.25, 0.3) is 0 Å². The Morgan fingerprint density at radius 3 is 3.12 bits per heavy atom. The van der Waals surface area contributed by atoms with Crippen LogP contribution in [0.3, 0.4) is 0 Å². The van der Waals surface area contributed by atoms with E-state index in [4.69, 9.17) is 15.7 Å². The molecular weight excluding hydrogens is 330 g/mol. The summed E-state index contributed by atoms with van der Waals surface area (Å²) in [6, 6.07) is -0.992. The van der Waals surface area contributed by atoms with Crippen LogP contribution < -0.4 is 21.7 Å². The maximum atomic E-state index is 12.1. The number of rotatable bonds is 7. The van der Waals surface area contributed by atoms with Crippen molar-refractivity contribution in [2.75, 3.05) is 25.0 Å². The first kappa shape index (κ1) is 17.2. The molecule has 0 bridgehead atoms. The molecule has 0 radical (unpaired) electrons. The van der Waals surface area contributed by atoms with Gasteiger partial charge in [-0.25, -0.2) is 4.98 Å². The lowest BCUT2D eigenvalue weighted by molar-refractivity contribution is -0.138. The molecule has 1 aromatic heterocycles. The van der Waals surface area contributed by atoms with E-state index >= 15 is 0 Å². The largest absolute Gasteiger partial charge is 0.480 e. The van der Waals surface area contributed by atoms with Crippen molar-refractivity contribution < 1.29 is 19.5 Å². The number of carbonyl (C=O) groups is 2. The lowest BCUT2D eigenvalue weighted by Gasteiger charge is -2.19. The zero-order valence-electron chi connectivity index (χ0n) is 13.5. The van der Waals surface area contributed by atoms with Gasteiger partial charge in [-0.3, -0.25) is 9.59 Å². The molecule has 25 heavy (non-hydrogen) atoms. The van der Waals surface area contributed by atoms with Crippen LogP contribution >= 0.6 is 0 Å². The minimum Gasteiger partial charge on any atom is -0.480 e. The first-order valence-corrected chi connectivity index (χ1v) is 7.96. The molecule has 0 aromatic carbocycles. The van der Waals surface area contributed by atoms with Crippen molar-refractivity contribution in [3.05, 3.63) is 12.4 Å². The van der Waals surface area contributed by atoms with Gasteiger partial charge in [-0.05, 0) is 0 Å².